The van der Waals surface area contributed by atoms with E-state index in [1.165, 1.54) is 25.7 Å². The molecule has 0 aromatic rings. The van der Waals surface area contributed by atoms with Crippen molar-refractivity contribution < 1.29 is 174 Å². The molecule has 21 heterocycles. The molecule has 480 valence electrons. The smallest absolute Gasteiger partial charge is 0.187 e. The van der Waals surface area contributed by atoms with E-state index in [1.807, 2.05) is 0 Å². The van der Waals surface area contributed by atoms with Crippen LogP contribution in [0.2, 0.25) is 0 Å². The lowest BCUT2D eigenvalue weighted by molar-refractivity contribution is -0.396. The Kier molecular flexibility index (Phi) is 24.7. The van der Waals surface area contributed by atoms with Crippen LogP contribution in [0.25, 0.3) is 0 Å². The van der Waals surface area contributed by atoms with Gasteiger partial charge in [0.2, 0.25) is 0 Å². The van der Waals surface area contributed by atoms with Gasteiger partial charge in [-0.1, -0.05) is 33.1 Å². The Morgan fingerprint density at radius 1 is 0.183 bits per heavy atom. The Morgan fingerprint density at radius 2 is 0.293 bits per heavy atom. The third-order valence-electron chi connectivity index (χ3n) is 15.8. The van der Waals surface area contributed by atoms with Crippen molar-refractivity contribution in [3.05, 3.63) is 0 Å². The van der Waals surface area contributed by atoms with E-state index in [9.17, 15) is 107 Å². The van der Waals surface area contributed by atoms with Gasteiger partial charge in [-0.3, -0.25) is 0 Å². The molecule has 0 aromatic heterocycles. The van der Waals surface area contributed by atoms with E-state index in [2.05, 4.69) is 0 Å². The number of ether oxygens (including phenoxy) is 14. The predicted molar refractivity (Wildman–Crippen MR) is 254 cm³/mol. The molecule has 21 saturated heterocycles. The summed E-state index contributed by atoms with van der Waals surface area (Å²) in [5, 5.41) is 230. The predicted octanol–water partition coefficient (Wildman–Crippen LogP) is -13.0. The van der Waals surface area contributed by atoms with Gasteiger partial charge in [-0.15, -0.1) is 0 Å². The van der Waals surface area contributed by atoms with Crippen LogP contribution in [0, 0.1) is 0 Å². The quantitative estimate of drug-likeness (QED) is 0.113. The molecule has 0 amide bonds. The topological polar surface area (TPSA) is 554 Å². The van der Waals surface area contributed by atoms with Gasteiger partial charge in [-0.2, -0.15) is 0 Å². The van der Waals surface area contributed by atoms with Gasteiger partial charge in [0.1, 0.15) is 171 Å². The first-order valence-electron chi connectivity index (χ1n) is 26.6. The number of aliphatic hydroxyl groups excluding tert-OH is 21. The Balaban J connectivity index is 0.00000185. The largest absolute Gasteiger partial charge is 0.394 e. The van der Waals surface area contributed by atoms with E-state index in [0.717, 1.165) is 0 Å². The summed E-state index contributed by atoms with van der Waals surface area (Å²) in [5.74, 6) is 0. The molecule has 21 N–H and O–H groups in total. The molecule has 1 aliphatic carbocycles. The summed E-state index contributed by atoms with van der Waals surface area (Å²) in [6.07, 6.45) is -64.2. The van der Waals surface area contributed by atoms with E-state index in [-0.39, 0.29) is 7.43 Å². The van der Waals surface area contributed by atoms with Gasteiger partial charge in [-0.25, -0.2) is 0 Å². The van der Waals surface area contributed by atoms with Gasteiger partial charge >= 0.3 is 0 Å². The molecule has 0 aromatic carbocycles. The molecule has 35 atom stereocenters. The lowest BCUT2D eigenvalue weighted by atomic mass is 9.95. The molecule has 82 heavy (non-hydrogen) atoms. The van der Waals surface area contributed by atoms with Gasteiger partial charge in [0.05, 0.1) is 46.2 Å². The van der Waals surface area contributed by atoms with Crippen molar-refractivity contribution in [2.45, 2.75) is 248 Å². The maximum Gasteiger partial charge on any atom is 0.187 e. The number of aliphatic hydroxyl groups is 21. The van der Waals surface area contributed by atoms with Crippen LogP contribution in [-0.4, -0.2) is 368 Å². The van der Waals surface area contributed by atoms with E-state index in [1.54, 1.807) is 0 Å². The maximum atomic E-state index is 11.3. The molecule has 0 radical (unpaired) electrons. The fourth-order valence-electron chi connectivity index (χ4n) is 10.7. The second kappa shape index (κ2) is 29.7. The second-order valence-electron chi connectivity index (χ2n) is 21.1. The second-order valence-corrected chi connectivity index (χ2v) is 21.1. The van der Waals surface area contributed by atoms with Crippen molar-refractivity contribution in [2.75, 3.05) is 46.2 Å². The lowest BCUT2D eigenvalue weighted by Gasteiger charge is -2.50. The summed E-state index contributed by atoms with van der Waals surface area (Å²) in [5.41, 5.74) is 0. The average molecular weight is 1210 g/mol. The Morgan fingerprint density at radius 3 is 0.378 bits per heavy atom. The van der Waals surface area contributed by atoms with Gasteiger partial charge in [0.15, 0.2) is 44.0 Å². The van der Waals surface area contributed by atoms with Gasteiger partial charge in [0, 0.05) is 0 Å². The minimum Gasteiger partial charge on any atom is -0.394 e. The average Bonchev–Trinajstić information content (AvgIpc) is 3.46. The molecular weight excluding hydrogens is 1120 g/mol. The maximum absolute atomic E-state index is 11.3. The highest BCUT2D eigenvalue weighted by Gasteiger charge is 2.59. The zero-order chi connectivity index (χ0) is 58.9. The van der Waals surface area contributed by atoms with E-state index in [0.29, 0.717) is 0 Å². The third-order valence-corrected chi connectivity index (χ3v) is 15.8. The van der Waals surface area contributed by atoms with Crippen LogP contribution in [0.1, 0.15) is 33.1 Å². The Labute approximate surface area is 467 Å². The summed E-state index contributed by atoms with van der Waals surface area (Å²) in [6, 6.07) is 0. The molecule has 35 heteroatoms. The molecule has 22 rings (SSSR count). The summed E-state index contributed by atoms with van der Waals surface area (Å²) in [4.78, 5) is 0. The van der Waals surface area contributed by atoms with Crippen molar-refractivity contribution in [2.24, 2.45) is 0 Å². The van der Waals surface area contributed by atoms with Crippen LogP contribution in [0.5, 0.6) is 0 Å². The summed E-state index contributed by atoms with van der Waals surface area (Å²) in [7, 11) is 0. The van der Waals surface area contributed by atoms with Crippen molar-refractivity contribution >= 4 is 0 Å². The normalized spacial score (nSPS) is 53.2. The fraction of sp³-hybridized carbons (Fsp3) is 1.00. The molecule has 1 saturated carbocycles. The van der Waals surface area contributed by atoms with Crippen molar-refractivity contribution in [1.82, 2.24) is 0 Å². The minimum atomic E-state index is -2.21. The fourth-order valence-corrected chi connectivity index (χ4v) is 10.7. The van der Waals surface area contributed by atoms with Crippen molar-refractivity contribution in [3.8, 4) is 0 Å². The first kappa shape index (κ1) is 68.1. The van der Waals surface area contributed by atoms with Gasteiger partial charge < -0.3 is 174 Å². The van der Waals surface area contributed by atoms with Crippen LogP contribution in [0.4, 0.5) is 0 Å². The summed E-state index contributed by atoms with van der Waals surface area (Å²) >= 11 is 0. The molecule has 22 fully saturated rings. The SMILES string of the molecule is C.C1CCC1.OCC1O[C@@H]2O[C@@H]3C(CO)O[C@H](O[C@@H]4C(CO)O[C@@H](O[C@@H]5C(CO)O[C@@H](O[C@@H]6C(CO)O[C@@H](O[C@@H]7C(CO)O[C@H](O[C@@H]8C(CO)O[C@H](O[C@H]1[C@H](O)C2O)C(O)[C@H]8O)C(O)[C@H]7O)C(O)[C@H]6O)C(O)[C@H]5O)C(O)[C@H]4O)C(O)[C@H]3O. The summed E-state index contributed by atoms with van der Waals surface area (Å²) < 4.78 is 79.5. The Bertz CT molecular complexity index is 1530. The molecule has 35 nitrogen and oxygen atoms in total. The number of rotatable bonds is 7. The lowest BCUT2D eigenvalue weighted by Crippen LogP contribution is -2.68. The van der Waals surface area contributed by atoms with E-state index < -0.39 is 261 Å². The third kappa shape index (κ3) is 13.9. The molecule has 21 aliphatic heterocycles. The number of hydrogen-bond donors (Lipinski definition) is 21. The summed E-state index contributed by atoms with van der Waals surface area (Å²) in [6.45, 7) is -7.33. The molecule has 14 bridgehead atoms. The van der Waals surface area contributed by atoms with Crippen molar-refractivity contribution in [1.29, 1.82) is 0 Å². The molecular formula is C47H82O35. The van der Waals surface area contributed by atoms with E-state index in [4.69, 9.17) is 66.3 Å². The van der Waals surface area contributed by atoms with Crippen molar-refractivity contribution in [3.63, 3.8) is 0 Å². The zero-order valence-corrected chi connectivity index (χ0v) is 43.1. The standard InChI is InChI=1S/C42H70O35.C4H8.CH4/c43-1-8-29-15(50)22(57)36(64-8)72-30-9(2-44)66-38(24(59)17(30)52)74-32-11(4-46)68-40(26(61)19(32)54)76-34-13(6-48)70-42(28(63)21(34)56)77-35-14(7-49)69-41(27(62)20(35)55)75-33-12(5-47)67-39(25(60)18(33)53)73-31-10(3-45)65-37(71-29)23(58)16(31)51;1-2-4-3-1;/h8-63H,1-7H2;1-4H2;1H4/t8?,9?,10?,11?,12?,13?,14?,15-,16-,17-,18-,19-,20-,21-,22?,23?,24?,25?,26?,27?,28?,29-,30-,31-,32-,33-,34-,35-,36-,37-,38-,39-,40+,41+,42+;;/m1../s1. The van der Waals surface area contributed by atoms with Crippen LogP contribution in [-0.2, 0) is 66.3 Å². The zero-order valence-electron chi connectivity index (χ0n) is 43.1. The highest BCUT2D eigenvalue weighted by atomic mass is 16.8. The number of hydrogen-bond acceptors (Lipinski definition) is 35. The van der Waals surface area contributed by atoms with Crippen LogP contribution < -0.4 is 0 Å². The first-order chi connectivity index (χ1) is 38.7. The van der Waals surface area contributed by atoms with Crippen LogP contribution >= 0.6 is 0 Å². The van der Waals surface area contributed by atoms with Crippen LogP contribution in [0.3, 0.4) is 0 Å². The Hall–Kier alpha value is -1.40. The van der Waals surface area contributed by atoms with Crippen LogP contribution in [0.15, 0.2) is 0 Å². The highest BCUT2D eigenvalue weighted by Crippen LogP contribution is 2.39. The van der Waals surface area contributed by atoms with Gasteiger partial charge in [0.25, 0.3) is 0 Å². The highest BCUT2D eigenvalue weighted by molar-refractivity contribution is 5.01. The molecule has 14 unspecified atom stereocenters. The minimum absolute atomic E-state index is 0. The van der Waals surface area contributed by atoms with E-state index >= 15 is 0 Å². The monoisotopic (exact) mass is 1210 g/mol. The van der Waals surface area contributed by atoms with Gasteiger partial charge in [-0.05, 0) is 0 Å². The molecule has 22 aliphatic rings. The molecule has 0 spiro atoms. The first-order valence-corrected chi connectivity index (χ1v) is 26.6.